The van der Waals surface area contributed by atoms with Crippen LogP contribution in [0.4, 0.5) is 0 Å². The Morgan fingerprint density at radius 1 is 1.30 bits per heavy atom. The average Bonchev–Trinajstić information content (AvgIpc) is 3.06. The molecule has 122 valence electrons. The van der Waals surface area contributed by atoms with Gasteiger partial charge in [0.15, 0.2) is 0 Å². The molecule has 1 aromatic heterocycles. The molecule has 0 bridgehead atoms. The Labute approximate surface area is 134 Å². The highest BCUT2D eigenvalue weighted by Crippen LogP contribution is 2.22. The molecule has 0 spiro atoms. The number of nitrogens with one attached hydrogen (secondary N) is 2. The Morgan fingerprint density at radius 2 is 2.00 bits per heavy atom. The van der Waals surface area contributed by atoms with E-state index >= 15 is 0 Å². The van der Waals surface area contributed by atoms with Crippen molar-refractivity contribution in [3.05, 3.63) is 53.6 Å². The monoisotopic (exact) mass is 315 g/mol. The number of Topliss-reactive ketones (excluding diaryl/α,β-unsaturated/α-hetero) is 1. The SMILES string of the molecule is Cc1ccc(C(C)C(=O)C[C@H](Cc2cnc[nH]2)C(=O)NO)cc1. The fraction of sp³-hybridized carbons (Fsp3) is 0.353. The molecule has 1 amide bonds. The van der Waals surface area contributed by atoms with Gasteiger partial charge in [0, 0.05) is 30.7 Å². The number of benzene rings is 1. The summed E-state index contributed by atoms with van der Waals surface area (Å²) in [4.78, 5) is 31.1. The molecule has 0 saturated carbocycles. The smallest absolute Gasteiger partial charge is 0.247 e. The van der Waals surface area contributed by atoms with Crippen LogP contribution in [0.5, 0.6) is 0 Å². The Hall–Kier alpha value is -2.47. The molecule has 2 atom stereocenters. The fourth-order valence-electron chi connectivity index (χ4n) is 2.47. The summed E-state index contributed by atoms with van der Waals surface area (Å²) in [5.41, 5.74) is 4.44. The maximum absolute atomic E-state index is 12.5. The van der Waals surface area contributed by atoms with E-state index in [2.05, 4.69) is 9.97 Å². The number of imidazole rings is 1. The van der Waals surface area contributed by atoms with Crippen LogP contribution >= 0.6 is 0 Å². The first kappa shape index (κ1) is 16.9. The summed E-state index contributed by atoms with van der Waals surface area (Å²) in [5, 5.41) is 8.90. The summed E-state index contributed by atoms with van der Waals surface area (Å²) in [6, 6.07) is 7.77. The molecule has 1 heterocycles. The highest BCUT2D eigenvalue weighted by atomic mass is 16.5. The van der Waals surface area contributed by atoms with Crippen molar-refractivity contribution >= 4 is 11.7 Å². The molecule has 0 aliphatic carbocycles. The Balaban J connectivity index is 2.07. The van der Waals surface area contributed by atoms with Gasteiger partial charge < -0.3 is 4.98 Å². The molecule has 0 saturated heterocycles. The quantitative estimate of drug-likeness (QED) is 0.539. The predicted octanol–water partition coefficient (Wildman–Crippen LogP) is 2.15. The van der Waals surface area contributed by atoms with Gasteiger partial charge in [0.1, 0.15) is 5.78 Å². The number of rotatable bonds is 7. The van der Waals surface area contributed by atoms with Crippen molar-refractivity contribution < 1.29 is 14.8 Å². The second-order valence-electron chi connectivity index (χ2n) is 5.76. The molecule has 6 nitrogen and oxygen atoms in total. The minimum Gasteiger partial charge on any atom is -0.348 e. The maximum Gasteiger partial charge on any atom is 0.247 e. The summed E-state index contributed by atoms with van der Waals surface area (Å²) >= 11 is 0. The third kappa shape index (κ3) is 4.50. The lowest BCUT2D eigenvalue weighted by Crippen LogP contribution is -2.32. The van der Waals surface area contributed by atoms with Gasteiger partial charge in [0.2, 0.25) is 5.91 Å². The van der Waals surface area contributed by atoms with Gasteiger partial charge in [0.05, 0.1) is 12.2 Å². The first-order chi connectivity index (χ1) is 11.0. The van der Waals surface area contributed by atoms with Gasteiger partial charge in [-0.1, -0.05) is 36.8 Å². The molecular formula is C17H21N3O3. The van der Waals surface area contributed by atoms with E-state index < -0.39 is 11.8 Å². The van der Waals surface area contributed by atoms with Crippen LogP contribution in [-0.4, -0.2) is 26.9 Å². The van der Waals surface area contributed by atoms with Crippen LogP contribution in [0.2, 0.25) is 0 Å². The summed E-state index contributed by atoms with van der Waals surface area (Å²) in [5.74, 6) is -1.54. The lowest BCUT2D eigenvalue weighted by Gasteiger charge is -2.17. The van der Waals surface area contributed by atoms with Crippen LogP contribution < -0.4 is 5.48 Å². The van der Waals surface area contributed by atoms with E-state index in [-0.39, 0.29) is 18.1 Å². The number of hydrogen-bond acceptors (Lipinski definition) is 4. The number of nitrogens with zero attached hydrogens (tertiary/aromatic N) is 1. The zero-order chi connectivity index (χ0) is 16.8. The highest BCUT2D eigenvalue weighted by molar-refractivity contribution is 5.90. The van der Waals surface area contributed by atoms with E-state index in [9.17, 15) is 9.59 Å². The first-order valence-corrected chi connectivity index (χ1v) is 7.51. The van der Waals surface area contributed by atoms with E-state index in [1.165, 1.54) is 6.33 Å². The highest BCUT2D eigenvalue weighted by Gasteiger charge is 2.25. The first-order valence-electron chi connectivity index (χ1n) is 7.51. The van der Waals surface area contributed by atoms with Crippen molar-refractivity contribution in [3.63, 3.8) is 0 Å². The Morgan fingerprint density at radius 3 is 2.57 bits per heavy atom. The van der Waals surface area contributed by atoms with Crippen LogP contribution in [0.15, 0.2) is 36.8 Å². The summed E-state index contributed by atoms with van der Waals surface area (Å²) < 4.78 is 0. The zero-order valence-electron chi connectivity index (χ0n) is 13.2. The van der Waals surface area contributed by atoms with Gasteiger partial charge >= 0.3 is 0 Å². The molecular weight excluding hydrogens is 294 g/mol. The van der Waals surface area contributed by atoms with Crippen molar-refractivity contribution in [2.75, 3.05) is 0 Å². The fourth-order valence-corrected chi connectivity index (χ4v) is 2.47. The van der Waals surface area contributed by atoms with Gasteiger partial charge in [-0.25, -0.2) is 10.5 Å². The van der Waals surface area contributed by atoms with Crippen molar-refractivity contribution in [2.45, 2.75) is 32.6 Å². The van der Waals surface area contributed by atoms with Crippen molar-refractivity contribution in [1.82, 2.24) is 15.4 Å². The molecule has 1 aromatic carbocycles. The average molecular weight is 315 g/mol. The number of ketones is 1. The summed E-state index contributed by atoms with van der Waals surface area (Å²) in [6.45, 7) is 3.82. The molecule has 3 N–H and O–H groups in total. The predicted molar refractivity (Wildman–Crippen MR) is 84.9 cm³/mol. The lowest BCUT2D eigenvalue weighted by molar-refractivity contribution is -0.136. The minimum atomic E-state index is -0.638. The molecule has 0 aliphatic rings. The number of hydrogen-bond donors (Lipinski definition) is 3. The van der Waals surface area contributed by atoms with E-state index in [0.717, 1.165) is 16.8 Å². The van der Waals surface area contributed by atoms with Gasteiger partial charge in [0.25, 0.3) is 0 Å². The lowest BCUT2D eigenvalue weighted by atomic mass is 9.88. The summed E-state index contributed by atoms with van der Waals surface area (Å²) in [7, 11) is 0. The van der Waals surface area contributed by atoms with Crippen molar-refractivity contribution in [2.24, 2.45) is 5.92 Å². The van der Waals surface area contributed by atoms with Crippen molar-refractivity contribution in [1.29, 1.82) is 0 Å². The number of aromatic nitrogens is 2. The van der Waals surface area contributed by atoms with Crippen LogP contribution in [0.25, 0.3) is 0 Å². The molecule has 0 aliphatic heterocycles. The second kappa shape index (κ2) is 7.69. The van der Waals surface area contributed by atoms with E-state index in [1.54, 1.807) is 11.7 Å². The third-order valence-electron chi connectivity index (χ3n) is 4.01. The number of hydroxylamine groups is 1. The largest absolute Gasteiger partial charge is 0.348 e. The maximum atomic E-state index is 12.5. The minimum absolute atomic E-state index is 0.0398. The molecule has 0 radical (unpaired) electrons. The van der Waals surface area contributed by atoms with Gasteiger partial charge in [-0.05, 0) is 12.5 Å². The van der Waals surface area contributed by atoms with Gasteiger partial charge in [-0.3, -0.25) is 14.8 Å². The normalized spacial score (nSPS) is 13.3. The van der Waals surface area contributed by atoms with E-state index in [4.69, 9.17) is 5.21 Å². The molecule has 23 heavy (non-hydrogen) atoms. The van der Waals surface area contributed by atoms with Crippen LogP contribution in [0.1, 0.15) is 36.1 Å². The number of H-pyrrole nitrogens is 1. The molecule has 6 heteroatoms. The number of aryl methyl sites for hydroxylation is 1. The second-order valence-corrected chi connectivity index (χ2v) is 5.76. The van der Waals surface area contributed by atoms with Gasteiger partial charge in [-0.2, -0.15) is 0 Å². The summed E-state index contributed by atoms with van der Waals surface area (Å²) in [6.07, 6.45) is 3.49. The van der Waals surface area contributed by atoms with Crippen LogP contribution in [-0.2, 0) is 16.0 Å². The van der Waals surface area contributed by atoms with E-state index in [0.29, 0.717) is 6.42 Å². The van der Waals surface area contributed by atoms with Crippen LogP contribution in [0, 0.1) is 12.8 Å². The topological polar surface area (TPSA) is 95.1 Å². The van der Waals surface area contributed by atoms with E-state index in [1.807, 2.05) is 38.1 Å². The number of carbonyl (C=O) groups excluding carboxylic acids is 2. The van der Waals surface area contributed by atoms with Crippen LogP contribution in [0.3, 0.4) is 0 Å². The number of aromatic amines is 1. The third-order valence-corrected chi connectivity index (χ3v) is 4.01. The number of carbonyl (C=O) groups is 2. The molecule has 1 unspecified atom stereocenters. The molecule has 2 rings (SSSR count). The zero-order valence-corrected chi connectivity index (χ0v) is 13.2. The molecule has 0 fully saturated rings. The molecule has 2 aromatic rings. The Kier molecular flexibility index (Phi) is 5.65. The van der Waals surface area contributed by atoms with Gasteiger partial charge in [-0.15, -0.1) is 0 Å². The standard InChI is InChI=1S/C17H21N3O3/c1-11-3-5-13(6-4-11)12(2)16(21)8-14(17(22)20-23)7-15-9-18-10-19-15/h3-6,9-10,12,14,23H,7-8H2,1-2H3,(H,18,19)(H,20,22)/t12?,14-/m0/s1. The van der Waals surface area contributed by atoms with Crippen molar-refractivity contribution in [3.8, 4) is 0 Å². The Bertz CT molecular complexity index is 650. The number of amides is 1.